The van der Waals surface area contributed by atoms with E-state index in [1.165, 1.54) is 0 Å². The van der Waals surface area contributed by atoms with Gasteiger partial charge in [0.25, 0.3) is 5.91 Å². The Hall–Kier alpha value is -1.70. The number of hydrogen-bond donors (Lipinski definition) is 1. The molecule has 1 amide bonds. The van der Waals surface area contributed by atoms with Crippen molar-refractivity contribution < 1.29 is 13.2 Å². The molecular formula is C15H22N4O3S. The van der Waals surface area contributed by atoms with Gasteiger partial charge in [-0.05, 0) is 33.1 Å². The molecular weight excluding hydrogens is 316 g/mol. The summed E-state index contributed by atoms with van der Waals surface area (Å²) in [6.07, 6.45) is 2.64. The van der Waals surface area contributed by atoms with Gasteiger partial charge in [0, 0.05) is 24.7 Å². The highest BCUT2D eigenvalue weighted by Gasteiger charge is 2.33. The summed E-state index contributed by atoms with van der Waals surface area (Å²) in [6.45, 7) is 4.35. The summed E-state index contributed by atoms with van der Waals surface area (Å²) in [7, 11) is -2.97. The molecule has 1 saturated heterocycles. The van der Waals surface area contributed by atoms with Crippen molar-refractivity contribution in [3.05, 3.63) is 17.6 Å². The molecule has 3 rings (SSSR count). The number of carbonyl (C=O) groups is 1. The molecule has 1 aromatic rings. The first-order valence-corrected chi connectivity index (χ1v) is 9.83. The summed E-state index contributed by atoms with van der Waals surface area (Å²) in [5.41, 5.74) is 0.346. The van der Waals surface area contributed by atoms with E-state index >= 15 is 0 Å². The zero-order valence-corrected chi connectivity index (χ0v) is 14.3. The van der Waals surface area contributed by atoms with Crippen LogP contribution in [-0.2, 0) is 9.84 Å². The highest BCUT2D eigenvalue weighted by atomic mass is 32.2. The van der Waals surface area contributed by atoms with Crippen LogP contribution in [0, 0.1) is 6.92 Å². The molecule has 1 aromatic heterocycles. The number of aromatic nitrogens is 2. The van der Waals surface area contributed by atoms with Crippen LogP contribution in [0.3, 0.4) is 0 Å². The minimum atomic E-state index is -2.97. The van der Waals surface area contributed by atoms with E-state index in [-0.39, 0.29) is 29.5 Å². The Morgan fingerprint density at radius 2 is 2.09 bits per heavy atom. The van der Waals surface area contributed by atoms with Gasteiger partial charge in [-0.3, -0.25) is 4.79 Å². The molecule has 0 spiro atoms. The number of nitrogens with one attached hydrogen (secondary N) is 1. The van der Waals surface area contributed by atoms with Crippen LogP contribution in [0.5, 0.6) is 0 Å². The molecule has 126 valence electrons. The zero-order valence-electron chi connectivity index (χ0n) is 13.4. The summed E-state index contributed by atoms with van der Waals surface area (Å²) < 4.78 is 23.5. The van der Waals surface area contributed by atoms with Gasteiger partial charge in [-0.15, -0.1) is 0 Å². The van der Waals surface area contributed by atoms with Crippen LogP contribution < -0.4 is 10.2 Å². The van der Waals surface area contributed by atoms with Crippen LogP contribution in [-0.4, -0.2) is 54.4 Å². The van der Waals surface area contributed by atoms with Crippen molar-refractivity contribution in [2.45, 2.75) is 45.2 Å². The normalized spacial score (nSPS) is 22.8. The van der Waals surface area contributed by atoms with Crippen molar-refractivity contribution in [1.82, 2.24) is 15.3 Å². The standard InChI is InChI=1S/C15H22N4O3S/c1-3-19(12-6-7-23(21,22)9-12)14-8-13(16-10(2)17-14)15(20)18-11-4-5-11/h8,11-12H,3-7,9H2,1-2H3,(H,18,20). The Kier molecular flexibility index (Phi) is 4.27. The Bertz CT molecular complexity index is 715. The average molecular weight is 338 g/mol. The fourth-order valence-electron chi connectivity index (χ4n) is 2.93. The molecule has 23 heavy (non-hydrogen) atoms. The zero-order chi connectivity index (χ0) is 16.6. The summed E-state index contributed by atoms with van der Waals surface area (Å²) in [4.78, 5) is 22.8. The van der Waals surface area contributed by atoms with Gasteiger partial charge in [-0.25, -0.2) is 18.4 Å². The van der Waals surface area contributed by atoms with Crippen molar-refractivity contribution in [3.8, 4) is 0 Å². The Balaban J connectivity index is 1.85. The Morgan fingerprint density at radius 3 is 2.65 bits per heavy atom. The predicted molar refractivity (Wildman–Crippen MR) is 87.3 cm³/mol. The minimum absolute atomic E-state index is 0.0846. The lowest BCUT2D eigenvalue weighted by Crippen LogP contribution is -2.37. The molecule has 1 saturated carbocycles. The van der Waals surface area contributed by atoms with Gasteiger partial charge >= 0.3 is 0 Å². The lowest BCUT2D eigenvalue weighted by atomic mass is 10.2. The number of nitrogens with zero attached hydrogens (tertiary/aromatic N) is 3. The third-order valence-corrected chi connectivity index (χ3v) is 6.00. The molecule has 2 heterocycles. The van der Waals surface area contributed by atoms with Crippen molar-refractivity contribution in [2.75, 3.05) is 23.0 Å². The SMILES string of the molecule is CCN(c1cc(C(=O)NC2CC2)nc(C)n1)C1CCS(=O)(=O)C1. The van der Waals surface area contributed by atoms with E-state index in [0.717, 1.165) is 12.8 Å². The molecule has 8 heteroatoms. The van der Waals surface area contributed by atoms with Gasteiger partial charge in [-0.1, -0.05) is 0 Å². The highest BCUT2D eigenvalue weighted by Crippen LogP contribution is 2.24. The van der Waals surface area contributed by atoms with Crippen molar-refractivity contribution in [1.29, 1.82) is 0 Å². The fraction of sp³-hybridized carbons (Fsp3) is 0.667. The van der Waals surface area contributed by atoms with Crippen LogP contribution in [0.4, 0.5) is 5.82 Å². The molecule has 1 aliphatic heterocycles. The van der Waals surface area contributed by atoms with Crippen LogP contribution in [0.25, 0.3) is 0 Å². The Morgan fingerprint density at radius 1 is 1.35 bits per heavy atom. The molecule has 7 nitrogen and oxygen atoms in total. The summed E-state index contributed by atoms with van der Waals surface area (Å²) in [6, 6.07) is 1.85. The summed E-state index contributed by atoms with van der Waals surface area (Å²) in [5.74, 6) is 1.32. The molecule has 0 radical (unpaired) electrons. The van der Waals surface area contributed by atoms with Crippen LogP contribution in [0.15, 0.2) is 6.07 Å². The number of aryl methyl sites for hydroxylation is 1. The van der Waals surface area contributed by atoms with E-state index in [9.17, 15) is 13.2 Å². The van der Waals surface area contributed by atoms with Crippen LogP contribution in [0.2, 0.25) is 0 Å². The number of carbonyl (C=O) groups excluding carboxylic acids is 1. The molecule has 2 aliphatic rings. The third-order valence-electron chi connectivity index (χ3n) is 4.25. The quantitative estimate of drug-likeness (QED) is 0.849. The average Bonchev–Trinajstić information content (AvgIpc) is 3.22. The molecule has 2 fully saturated rings. The minimum Gasteiger partial charge on any atom is -0.353 e. The van der Waals surface area contributed by atoms with E-state index in [1.807, 2.05) is 11.8 Å². The number of sulfone groups is 1. The number of amides is 1. The van der Waals surface area contributed by atoms with E-state index in [1.54, 1.807) is 13.0 Å². The second-order valence-electron chi connectivity index (χ2n) is 6.25. The summed E-state index contributed by atoms with van der Waals surface area (Å²) in [5, 5.41) is 2.92. The van der Waals surface area contributed by atoms with Crippen molar-refractivity contribution >= 4 is 21.6 Å². The van der Waals surface area contributed by atoms with Crippen molar-refractivity contribution in [2.24, 2.45) is 0 Å². The molecule has 1 N–H and O–H groups in total. The van der Waals surface area contributed by atoms with Crippen molar-refractivity contribution in [3.63, 3.8) is 0 Å². The molecule has 1 unspecified atom stereocenters. The largest absolute Gasteiger partial charge is 0.353 e. The first-order valence-electron chi connectivity index (χ1n) is 8.01. The smallest absolute Gasteiger partial charge is 0.270 e. The number of rotatable bonds is 5. The number of hydrogen-bond acceptors (Lipinski definition) is 6. The third kappa shape index (κ3) is 3.80. The maximum atomic E-state index is 12.2. The maximum absolute atomic E-state index is 12.2. The topological polar surface area (TPSA) is 92.3 Å². The molecule has 1 aliphatic carbocycles. The van der Waals surface area contributed by atoms with Crippen LogP contribution >= 0.6 is 0 Å². The molecule has 0 bridgehead atoms. The highest BCUT2D eigenvalue weighted by molar-refractivity contribution is 7.91. The second-order valence-corrected chi connectivity index (χ2v) is 8.48. The first-order chi connectivity index (χ1) is 10.9. The second kappa shape index (κ2) is 6.07. The number of anilines is 1. The lowest BCUT2D eigenvalue weighted by molar-refractivity contribution is 0.0945. The summed E-state index contributed by atoms with van der Waals surface area (Å²) >= 11 is 0. The van der Waals surface area contributed by atoms with Gasteiger partial charge in [0.2, 0.25) is 0 Å². The van der Waals surface area contributed by atoms with E-state index < -0.39 is 9.84 Å². The molecule has 0 aromatic carbocycles. The first kappa shape index (κ1) is 16.2. The van der Waals surface area contributed by atoms with Gasteiger partial charge < -0.3 is 10.2 Å². The van der Waals surface area contributed by atoms with E-state index in [2.05, 4.69) is 15.3 Å². The van der Waals surface area contributed by atoms with Gasteiger partial charge in [-0.2, -0.15) is 0 Å². The Labute approximate surface area is 136 Å². The van der Waals surface area contributed by atoms with Gasteiger partial charge in [0.1, 0.15) is 17.3 Å². The molecule has 1 atom stereocenters. The van der Waals surface area contributed by atoms with Crippen LogP contribution in [0.1, 0.15) is 42.5 Å². The van der Waals surface area contributed by atoms with Gasteiger partial charge in [0.15, 0.2) is 9.84 Å². The van der Waals surface area contributed by atoms with Gasteiger partial charge in [0.05, 0.1) is 11.5 Å². The maximum Gasteiger partial charge on any atom is 0.270 e. The predicted octanol–water partition coefficient (Wildman–Crippen LogP) is 0.691. The fourth-order valence-corrected chi connectivity index (χ4v) is 4.66. The van der Waals surface area contributed by atoms with E-state index in [4.69, 9.17) is 0 Å². The lowest BCUT2D eigenvalue weighted by Gasteiger charge is -2.28. The van der Waals surface area contributed by atoms with E-state index in [0.29, 0.717) is 30.3 Å². The monoisotopic (exact) mass is 338 g/mol.